The molecule has 4 heteroatoms. The second-order valence-corrected chi connectivity index (χ2v) is 32.0. The molecular formula is C66H71BN2Si. The summed E-state index contributed by atoms with van der Waals surface area (Å²) in [5, 5.41) is 11.8. The predicted molar refractivity (Wildman–Crippen MR) is 308 cm³/mol. The van der Waals surface area contributed by atoms with Crippen molar-refractivity contribution in [1.82, 2.24) is 9.13 Å². The molecule has 0 aliphatic carbocycles. The van der Waals surface area contributed by atoms with Crippen LogP contribution in [-0.2, 0) is 32.5 Å². The van der Waals surface area contributed by atoms with E-state index in [0.717, 1.165) is 0 Å². The average molecular weight is 931 g/mol. The summed E-state index contributed by atoms with van der Waals surface area (Å²) in [4.78, 5) is 0. The number of nitrogens with zero attached hydrogens (tertiary/aromatic N) is 2. The van der Waals surface area contributed by atoms with E-state index >= 15 is 0 Å². The molecule has 70 heavy (non-hydrogen) atoms. The first-order chi connectivity index (χ1) is 32.5. The smallest absolute Gasteiger partial charge is 0.252 e. The average Bonchev–Trinajstić information content (AvgIpc) is 3.88. The molecule has 9 aromatic rings. The molecule has 0 fully saturated rings. The van der Waals surface area contributed by atoms with Gasteiger partial charge in [0, 0.05) is 44.0 Å². The number of rotatable bonds is 0. The summed E-state index contributed by atoms with van der Waals surface area (Å²) in [6, 6.07) is 43.8. The van der Waals surface area contributed by atoms with Crippen molar-refractivity contribution in [2.45, 2.75) is 157 Å². The van der Waals surface area contributed by atoms with Gasteiger partial charge in [-0.15, -0.1) is 0 Å². The van der Waals surface area contributed by atoms with Crippen molar-refractivity contribution in [3.05, 3.63) is 137 Å². The third-order valence-corrected chi connectivity index (χ3v) is 22.5. The van der Waals surface area contributed by atoms with Crippen LogP contribution in [0.1, 0.15) is 158 Å². The lowest BCUT2D eigenvalue weighted by Crippen LogP contribution is -2.77. The molecule has 0 amide bonds. The first-order valence-electron chi connectivity index (χ1n) is 26.3. The van der Waals surface area contributed by atoms with Gasteiger partial charge in [0.2, 0.25) is 0 Å². The van der Waals surface area contributed by atoms with Crippen LogP contribution in [0.3, 0.4) is 0 Å². The summed E-state index contributed by atoms with van der Waals surface area (Å²) in [5.41, 5.74) is 23.9. The van der Waals surface area contributed by atoms with E-state index in [-0.39, 0.29) is 39.2 Å². The maximum atomic E-state index is 2.83. The van der Waals surface area contributed by atoms with E-state index in [1.54, 1.807) is 20.7 Å². The van der Waals surface area contributed by atoms with Gasteiger partial charge in [0.25, 0.3) is 6.71 Å². The summed E-state index contributed by atoms with van der Waals surface area (Å²) < 4.78 is 5.55. The molecule has 7 aromatic carbocycles. The highest BCUT2D eigenvalue weighted by Gasteiger charge is 2.57. The van der Waals surface area contributed by atoms with E-state index in [1.807, 2.05) is 0 Å². The van der Waals surface area contributed by atoms with Crippen molar-refractivity contribution < 1.29 is 0 Å². The molecule has 13 rings (SSSR count). The Morgan fingerprint density at radius 1 is 0.371 bits per heavy atom. The van der Waals surface area contributed by atoms with Gasteiger partial charge in [0.05, 0.1) is 11.0 Å². The fourth-order valence-electron chi connectivity index (χ4n) is 13.7. The SMILES string of the molecule is CC(C)(C)c1ccc2c(c1)-c1cc(C(C)(C)C)ccc1[Si]21c2ccc3c4c2-n2c5c(cc(C(C)(C)C)cc5c5cc(C(C)(C)C)cc1c52)B4c1ccc(C(C)(C)C)c2c4cc(C(C)(C)C)ccc4n-3c12. The zero-order valence-corrected chi connectivity index (χ0v) is 46.3. The second-order valence-electron chi connectivity index (χ2n) is 28.3. The van der Waals surface area contributed by atoms with Crippen molar-refractivity contribution in [3.63, 3.8) is 0 Å². The zero-order chi connectivity index (χ0) is 49.7. The first-order valence-corrected chi connectivity index (χ1v) is 28.3. The Morgan fingerprint density at radius 3 is 1.43 bits per heavy atom. The van der Waals surface area contributed by atoms with Crippen LogP contribution >= 0.6 is 0 Å². The van der Waals surface area contributed by atoms with Gasteiger partial charge in [0.15, 0.2) is 8.07 Å². The summed E-state index contributed by atoms with van der Waals surface area (Å²) in [5.74, 6) is 0. The normalized spacial score (nSPS) is 15.7. The molecule has 352 valence electrons. The van der Waals surface area contributed by atoms with Crippen molar-refractivity contribution >= 4 is 95.5 Å². The Morgan fingerprint density at radius 2 is 0.871 bits per heavy atom. The van der Waals surface area contributed by atoms with E-state index in [0.29, 0.717) is 0 Å². The van der Waals surface area contributed by atoms with E-state index < -0.39 is 8.07 Å². The molecule has 0 radical (unpaired) electrons. The molecule has 4 aliphatic rings. The van der Waals surface area contributed by atoms with Crippen LogP contribution in [0.5, 0.6) is 0 Å². The van der Waals surface area contributed by atoms with Gasteiger partial charge >= 0.3 is 0 Å². The van der Waals surface area contributed by atoms with Crippen LogP contribution in [0.4, 0.5) is 0 Å². The second kappa shape index (κ2) is 13.1. The van der Waals surface area contributed by atoms with Crippen LogP contribution in [0, 0.1) is 0 Å². The Labute approximate surface area is 418 Å². The van der Waals surface area contributed by atoms with E-state index in [4.69, 9.17) is 0 Å². The van der Waals surface area contributed by atoms with E-state index in [1.165, 1.54) is 116 Å². The lowest BCUT2D eigenvalue weighted by atomic mass is 9.34. The van der Waals surface area contributed by atoms with Gasteiger partial charge in [-0.2, -0.15) is 0 Å². The van der Waals surface area contributed by atoms with Crippen molar-refractivity contribution in [3.8, 4) is 22.5 Å². The summed E-state index contributed by atoms with van der Waals surface area (Å²) >= 11 is 0. The minimum absolute atomic E-state index is 0.0114. The van der Waals surface area contributed by atoms with Crippen molar-refractivity contribution in [2.75, 3.05) is 0 Å². The fraction of sp³-hybridized carbons (Fsp3) is 0.364. The van der Waals surface area contributed by atoms with Crippen LogP contribution in [-0.4, -0.2) is 23.9 Å². The lowest BCUT2D eigenvalue weighted by molar-refractivity contribution is 0.589. The van der Waals surface area contributed by atoms with E-state index in [9.17, 15) is 0 Å². The van der Waals surface area contributed by atoms with Gasteiger partial charge in [-0.05, 0) is 144 Å². The quantitative estimate of drug-likeness (QED) is 0.134. The molecular weight excluding hydrogens is 860 g/mol. The van der Waals surface area contributed by atoms with Gasteiger partial charge in [-0.25, -0.2) is 0 Å². The number of aromatic nitrogens is 2. The highest BCUT2D eigenvalue weighted by molar-refractivity contribution is 7.24. The van der Waals surface area contributed by atoms with Crippen molar-refractivity contribution in [2.24, 2.45) is 0 Å². The number of fused-ring (bicyclic) bond motifs is 14. The Hall–Kier alpha value is -5.58. The Bertz CT molecular complexity index is 3820. The van der Waals surface area contributed by atoms with Crippen LogP contribution in [0.15, 0.2) is 103 Å². The standard InChI is InChI=1S/C66H71BN2Si/c1-61(2,3)36-19-24-49-45(31-36)55-46(66(16,17)18)22-23-47-59(55)68(49)50-25-28-53-60-56(50)67(47)48-34-39(64(10,11)12)32-43-44-33-40(65(13,14)15)35-54(58(44)69(60)57(43)48)70(53)51-26-20-37(62(4,5)6)29-41(51)42-30-38(63(7,8)9)21-27-52(42)70/h19-35H,1-18H3. The van der Waals surface area contributed by atoms with Crippen molar-refractivity contribution in [1.29, 1.82) is 0 Å². The maximum absolute atomic E-state index is 3.05. The largest absolute Gasteiger partial charge is 0.310 e. The molecule has 2 nitrogen and oxygen atoms in total. The minimum atomic E-state index is -3.05. The van der Waals surface area contributed by atoms with Crippen LogP contribution in [0.25, 0.3) is 66.1 Å². The zero-order valence-electron chi connectivity index (χ0n) is 45.3. The predicted octanol–water partition coefficient (Wildman–Crippen LogP) is 12.5. The first kappa shape index (κ1) is 44.4. The molecule has 2 aromatic heterocycles. The Kier molecular flexibility index (Phi) is 8.29. The molecule has 6 heterocycles. The Balaban J connectivity index is 1.29. The summed E-state index contributed by atoms with van der Waals surface area (Å²) in [6.07, 6.45) is 0. The topological polar surface area (TPSA) is 9.86 Å². The molecule has 1 spiro atoms. The molecule has 0 bridgehead atoms. The lowest BCUT2D eigenvalue weighted by Gasteiger charge is -2.43. The molecule has 0 N–H and O–H groups in total. The monoisotopic (exact) mass is 931 g/mol. The third kappa shape index (κ3) is 5.47. The summed E-state index contributed by atoms with van der Waals surface area (Å²) in [7, 11) is -3.05. The molecule has 4 aliphatic heterocycles. The fourth-order valence-corrected chi connectivity index (χ4v) is 19.3. The van der Waals surface area contributed by atoms with Gasteiger partial charge < -0.3 is 9.13 Å². The highest BCUT2D eigenvalue weighted by Crippen LogP contribution is 2.47. The van der Waals surface area contributed by atoms with Crippen LogP contribution < -0.4 is 37.1 Å². The highest BCUT2D eigenvalue weighted by atomic mass is 28.3. The summed E-state index contributed by atoms with van der Waals surface area (Å²) in [6.45, 7) is 43.2. The van der Waals surface area contributed by atoms with E-state index in [2.05, 4.69) is 237 Å². The number of benzene rings is 7. The minimum Gasteiger partial charge on any atom is -0.310 e. The number of hydrogen-bond acceptors (Lipinski definition) is 0. The third-order valence-electron chi connectivity index (χ3n) is 17.6. The van der Waals surface area contributed by atoms with Crippen LogP contribution in [0.2, 0.25) is 0 Å². The molecule has 0 unspecified atom stereocenters. The van der Waals surface area contributed by atoms with Gasteiger partial charge in [-0.1, -0.05) is 197 Å². The number of hydrogen-bond donors (Lipinski definition) is 0. The molecule has 0 atom stereocenters. The van der Waals surface area contributed by atoms with Gasteiger partial charge in [-0.3, -0.25) is 0 Å². The maximum Gasteiger partial charge on any atom is 0.252 e. The molecule has 0 saturated carbocycles. The van der Waals surface area contributed by atoms with Gasteiger partial charge in [0.1, 0.15) is 0 Å². The molecule has 0 saturated heterocycles.